The van der Waals surface area contributed by atoms with Crippen molar-refractivity contribution in [3.63, 3.8) is 0 Å². The SMILES string of the molecule is CC1=CC(C)(C)N(C)c2cc(F)c(C=Nc3ccc(Cl)c(Cl)c3)cc21. The highest BCUT2D eigenvalue weighted by molar-refractivity contribution is 6.42. The number of anilines is 1. The number of hydrogen-bond acceptors (Lipinski definition) is 2. The number of likely N-dealkylation sites (N-methyl/N-ethyl adjacent to an activating group) is 1. The van der Waals surface area contributed by atoms with Gasteiger partial charge in [0.1, 0.15) is 5.82 Å². The van der Waals surface area contributed by atoms with Crippen molar-refractivity contribution in [1.29, 1.82) is 0 Å². The number of nitrogens with zero attached hydrogens (tertiary/aromatic N) is 2. The minimum atomic E-state index is -0.306. The van der Waals surface area contributed by atoms with Crippen molar-refractivity contribution < 1.29 is 4.39 Å². The van der Waals surface area contributed by atoms with Gasteiger partial charge in [-0.1, -0.05) is 29.3 Å². The molecule has 2 nitrogen and oxygen atoms in total. The molecule has 3 rings (SSSR count). The van der Waals surface area contributed by atoms with Gasteiger partial charge in [-0.25, -0.2) is 4.39 Å². The monoisotopic (exact) mass is 376 g/mol. The van der Waals surface area contributed by atoms with E-state index in [9.17, 15) is 4.39 Å². The van der Waals surface area contributed by atoms with Crippen LogP contribution in [0.4, 0.5) is 15.8 Å². The predicted octanol–water partition coefficient (Wildman–Crippen LogP) is 6.51. The van der Waals surface area contributed by atoms with Gasteiger partial charge in [0.2, 0.25) is 0 Å². The third-order valence-electron chi connectivity index (χ3n) is 4.59. The Morgan fingerprint density at radius 1 is 1.12 bits per heavy atom. The van der Waals surface area contributed by atoms with Gasteiger partial charge in [-0.3, -0.25) is 4.99 Å². The van der Waals surface area contributed by atoms with Gasteiger partial charge in [-0.15, -0.1) is 0 Å². The predicted molar refractivity (Wildman–Crippen MR) is 106 cm³/mol. The van der Waals surface area contributed by atoms with E-state index < -0.39 is 0 Å². The molecule has 0 radical (unpaired) electrons. The average Bonchev–Trinajstić information content (AvgIpc) is 2.54. The molecular weight excluding hydrogens is 358 g/mol. The molecule has 1 heterocycles. The first-order valence-corrected chi connectivity index (χ1v) is 8.71. The van der Waals surface area contributed by atoms with Crippen LogP contribution in [-0.2, 0) is 0 Å². The molecule has 0 aliphatic carbocycles. The second-order valence-corrected chi connectivity index (χ2v) is 7.60. The molecule has 130 valence electrons. The van der Waals surface area contributed by atoms with Gasteiger partial charge in [-0.2, -0.15) is 0 Å². The van der Waals surface area contributed by atoms with E-state index in [1.54, 1.807) is 24.3 Å². The lowest BCUT2D eigenvalue weighted by Gasteiger charge is -2.40. The van der Waals surface area contributed by atoms with E-state index in [1.165, 1.54) is 6.21 Å². The Balaban J connectivity index is 2.01. The van der Waals surface area contributed by atoms with Crippen LogP contribution in [0.25, 0.3) is 5.57 Å². The minimum Gasteiger partial charge on any atom is -0.365 e. The highest BCUT2D eigenvalue weighted by Gasteiger charge is 2.29. The lowest BCUT2D eigenvalue weighted by atomic mass is 9.88. The first kappa shape index (κ1) is 18.0. The molecule has 1 aliphatic rings. The number of allylic oxidation sites excluding steroid dienone is 1. The Labute approximate surface area is 157 Å². The van der Waals surface area contributed by atoms with Gasteiger partial charge < -0.3 is 4.90 Å². The maximum absolute atomic E-state index is 14.6. The van der Waals surface area contributed by atoms with Crippen LogP contribution in [0.1, 0.15) is 31.9 Å². The highest BCUT2D eigenvalue weighted by atomic mass is 35.5. The molecule has 0 bridgehead atoms. The Kier molecular flexibility index (Phi) is 4.65. The van der Waals surface area contributed by atoms with Gasteiger partial charge in [0.15, 0.2) is 0 Å². The summed E-state index contributed by atoms with van der Waals surface area (Å²) in [7, 11) is 1.98. The molecule has 0 unspecified atom stereocenters. The number of rotatable bonds is 2. The highest BCUT2D eigenvalue weighted by Crippen LogP contribution is 2.38. The largest absolute Gasteiger partial charge is 0.365 e. The van der Waals surface area contributed by atoms with Crippen LogP contribution >= 0.6 is 23.2 Å². The molecule has 0 saturated carbocycles. The maximum Gasteiger partial charge on any atom is 0.134 e. The van der Waals surface area contributed by atoms with E-state index in [0.717, 1.165) is 16.8 Å². The average molecular weight is 377 g/mol. The van der Waals surface area contributed by atoms with Crippen molar-refractivity contribution in [2.24, 2.45) is 4.99 Å². The van der Waals surface area contributed by atoms with Gasteiger partial charge in [0.25, 0.3) is 0 Å². The second-order valence-electron chi connectivity index (χ2n) is 6.79. The van der Waals surface area contributed by atoms with Crippen LogP contribution in [-0.4, -0.2) is 18.8 Å². The number of benzene rings is 2. The Morgan fingerprint density at radius 3 is 2.52 bits per heavy atom. The third kappa shape index (κ3) is 3.44. The summed E-state index contributed by atoms with van der Waals surface area (Å²) >= 11 is 11.9. The lowest BCUT2D eigenvalue weighted by Crippen LogP contribution is -2.42. The summed E-state index contributed by atoms with van der Waals surface area (Å²) in [5, 5.41) is 0.886. The molecule has 25 heavy (non-hydrogen) atoms. The molecule has 0 amide bonds. The van der Waals surface area contributed by atoms with Crippen LogP contribution in [0.3, 0.4) is 0 Å². The fourth-order valence-electron chi connectivity index (χ4n) is 3.00. The molecule has 2 aromatic carbocycles. The van der Waals surface area contributed by atoms with E-state index >= 15 is 0 Å². The fourth-order valence-corrected chi connectivity index (χ4v) is 3.29. The van der Waals surface area contributed by atoms with Crippen molar-refractivity contribution >= 4 is 46.4 Å². The normalized spacial score (nSPS) is 16.1. The number of hydrogen-bond donors (Lipinski definition) is 0. The molecule has 0 N–H and O–H groups in total. The van der Waals surface area contributed by atoms with Crippen LogP contribution in [0.15, 0.2) is 41.4 Å². The molecule has 0 spiro atoms. The second kappa shape index (κ2) is 6.47. The first-order valence-electron chi connectivity index (χ1n) is 7.95. The third-order valence-corrected chi connectivity index (χ3v) is 5.33. The zero-order valence-electron chi connectivity index (χ0n) is 14.6. The van der Waals surface area contributed by atoms with Crippen molar-refractivity contribution in [3.8, 4) is 0 Å². The fraction of sp³-hybridized carbons (Fsp3) is 0.250. The summed E-state index contributed by atoms with van der Waals surface area (Å²) in [6.07, 6.45) is 3.70. The molecule has 0 fully saturated rings. The van der Waals surface area contributed by atoms with E-state index in [-0.39, 0.29) is 11.4 Å². The summed E-state index contributed by atoms with van der Waals surface area (Å²) in [6, 6.07) is 8.47. The molecule has 1 aliphatic heterocycles. The molecule has 0 aromatic heterocycles. The van der Waals surface area contributed by atoms with Crippen molar-refractivity contribution in [2.75, 3.05) is 11.9 Å². The van der Waals surface area contributed by atoms with Gasteiger partial charge in [0, 0.05) is 30.1 Å². The van der Waals surface area contributed by atoms with Gasteiger partial charge >= 0.3 is 0 Å². The van der Waals surface area contributed by atoms with Crippen molar-refractivity contribution in [1.82, 2.24) is 0 Å². The molecular formula is C20H19Cl2FN2. The zero-order chi connectivity index (χ0) is 18.4. The summed E-state index contributed by atoms with van der Waals surface area (Å²) in [5.41, 5.74) is 3.93. The van der Waals surface area contributed by atoms with Crippen molar-refractivity contribution in [2.45, 2.75) is 26.3 Å². The molecule has 2 aromatic rings. The summed E-state index contributed by atoms with van der Waals surface area (Å²) < 4.78 is 14.6. The number of aliphatic imine (C=N–C) groups is 1. The summed E-state index contributed by atoms with van der Waals surface area (Å²) in [6.45, 7) is 6.26. The maximum atomic E-state index is 14.6. The van der Waals surface area contributed by atoms with E-state index in [2.05, 4.69) is 29.8 Å². The van der Waals surface area contributed by atoms with Crippen LogP contribution in [0.5, 0.6) is 0 Å². The first-order chi connectivity index (χ1) is 11.7. The Bertz CT molecular complexity index is 901. The van der Waals surface area contributed by atoms with Gasteiger partial charge in [0.05, 0.1) is 21.3 Å². The standard InChI is InChI=1S/C20H19Cl2FN2/c1-12-10-20(2,3)25(4)19-9-18(23)13(7-15(12)19)11-24-14-5-6-16(21)17(22)8-14/h5-11H,1-4H3. The molecule has 0 atom stereocenters. The summed E-state index contributed by atoms with van der Waals surface area (Å²) in [5.74, 6) is -0.306. The van der Waals surface area contributed by atoms with Crippen LogP contribution in [0, 0.1) is 5.82 Å². The number of halogens is 3. The van der Waals surface area contributed by atoms with E-state index in [4.69, 9.17) is 23.2 Å². The minimum absolute atomic E-state index is 0.154. The quantitative estimate of drug-likeness (QED) is 0.545. The zero-order valence-corrected chi connectivity index (χ0v) is 16.1. The van der Waals surface area contributed by atoms with E-state index in [0.29, 0.717) is 21.3 Å². The van der Waals surface area contributed by atoms with Crippen LogP contribution < -0.4 is 4.90 Å². The summed E-state index contributed by atoms with van der Waals surface area (Å²) in [4.78, 5) is 6.40. The lowest BCUT2D eigenvalue weighted by molar-refractivity contribution is 0.589. The number of fused-ring (bicyclic) bond motifs is 1. The van der Waals surface area contributed by atoms with Gasteiger partial charge in [-0.05, 0) is 56.7 Å². The Morgan fingerprint density at radius 2 is 1.84 bits per heavy atom. The topological polar surface area (TPSA) is 15.6 Å². The smallest absolute Gasteiger partial charge is 0.134 e. The molecule has 5 heteroatoms. The van der Waals surface area contributed by atoms with Crippen molar-refractivity contribution in [3.05, 3.63) is 63.4 Å². The molecule has 0 saturated heterocycles. The van der Waals surface area contributed by atoms with Crippen LogP contribution in [0.2, 0.25) is 10.0 Å². The Hall–Kier alpha value is -1.84. The van der Waals surface area contributed by atoms with E-state index in [1.807, 2.05) is 20.0 Å².